The Morgan fingerprint density at radius 3 is 2.35 bits per heavy atom. The van der Waals surface area contributed by atoms with Gasteiger partial charge in [-0.25, -0.2) is 4.79 Å². The lowest BCUT2D eigenvalue weighted by atomic mass is 10.1. The van der Waals surface area contributed by atoms with Crippen molar-refractivity contribution in [1.82, 2.24) is 5.32 Å². The van der Waals surface area contributed by atoms with Crippen molar-refractivity contribution < 1.29 is 9.53 Å². The van der Waals surface area contributed by atoms with E-state index in [1.54, 1.807) is 0 Å². The zero-order chi connectivity index (χ0) is 12.0. The van der Waals surface area contributed by atoms with Crippen molar-refractivity contribution in [3.63, 3.8) is 0 Å². The summed E-state index contributed by atoms with van der Waals surface area (Å²) in [6.07, 6.45) is 0.424. The van der Waals surface area contributed by atoms with Crippen LogP contribution in [-0.2, 0) is 11.2 Å². The lowest BCUT2D eigenvalue weighted by Gasteiger charge is -2.12. The van der Waals surface area contributed by atoms with E-state index in [2.05, 4.69) is 39.2 Å². The van der Waals surface area contributed by atoms with Crippen LogP contribution in [0.3, 0.4) is 0 Å². The quantitative estimate of drug-likeness (QED) is 0.899. The number of halogens is 1. The SMILES string of the molecule is COC(=O)NCCc1ccc(N(C)C)cc1.Cl. The molecule has 17 heavy (non-hydrogen) atoms. The lowest BCUT2D eigenvalue weighted by molar-refractivity contribution is 0.171. The average molecular weight is 259 g/mol. The highest BCUT2D eigenvalue weighted by atomic mass is 35.5. The fourth-order valence-electron chi connectivity index (χ4n) is 1.34. The van der Waals surface area contributed by atoms with Crippen molar-refractivity contribution in [2.45, 2.75) is 6.42 Å². The first-order chi connectivity index (χ1) is 7.63. The van der Waals surface area contributed by atoms with Gasteiger partial charge in [-0.05, 0) is 24.1 Å². The van der Waals surface area contributed by atoms with Crippen LogP contribution in [0.25, 0.3) is 0 Å². The minimum atomic E-state index is -0.384. The molecule has 0 radical (unpaired) electrons. The van der Waals surface area contributed by atoms with Gasteiger partial charge in [0, 0.05) is 26.3 Å². The van der Waals surface area contributed by atoms with Gasteiger partial charge in [0.1, 0.15) is 0 Å². The van der Waals surface area contributed by atoms with Gasteiger partial charge in [-0.3, -0.25) is 0 Å². The molecular weight excluding hydrogens is 240 g/mol. The van der Waals surface area contributed by atoms with E-state index in [1.165, 1.54) is 18.4 Å². The molecule has 0 fully saturated rings. The second-order valence-corrected chi connectivity index (χ2v) is 3.73. The molecular formula is C12H19ClN2O2. The Labute approximate surface area is 108 Å². The number of nitrogens with zero attached hydrogens (tertiary/aromatic N) is 1. The van der Waals surface area contributed by atoms with Crippen LogP contribution in [0.2, 0.25) is 0 Å². The monoisotopic (exact) mass is 258 g/mol. The van der Waals surface area contributed by atoms with Crippen LogP contribution < -0.4 is 10.2 Å². The van der Waals surface area contributed by atoms with Gasteiger partial charge in [-0.15, -0.1) is 12.4 Å². The van der Waals surface area contributed by atoms with Crippen molar-refractivity contribution >= 4 is 24.2 Å². The van der Waals surface area contributed by atoms with Crippen LogP contribution in [0.4, 0.5) is 10.5 Å². The van der Waals surface area contributed by atoms with Crippen molar-refractivity contribution in [3.8, 4) is 0 Å². The standard InChI is InChI=1S/C12H18N2O2.ClH/c1-14(2)11-6-4-10(5-7-11)8-9-13-12(15)16-3;/h4-7H,8-9H2,1-3H3,(H,13,15);1H. The fraction of sp³-hybridized carbons (Fsp3) is 0.417. The molecule has 0 atom stereocenters. The van der Waals surface area contributed by atoms with Gasteiger partial charge < -0.3 is 15.0 Å². The molecule has 0 saturated heterocycles. The van der Waals surface area contributed by atoms with Crippen molar-refractivity contribution in [2.24, 2.45) is 0 Å². The van der Waals surface area contributed by atoms with E-state index >= 15 is 0 Å². The molecule has 4 nitrogen and oxygen atoms in total. The first kappa shape index (κ1) is 15.6. The molecule has 96 valence electrons. The average Bonchev–Trinajstić information content (AvgIpc) is 2.29. The highest BCUT2D eigenvalue weighted by molar-refractivity contribution is 5.85. The van der Waals surface area contributed by atoms with Crippen molar-refractivity contribution in [2.75, 3.05) is 32.6 Å². The Hall–Kier alpha value is -1.42. The van der Waals surface area contributed by atoms with Crippen LogP contribution in [0.1, 0.15) is 5.56 Å². The van der Waals surface area contributed by atoms with E-state index in [0.29, 0.717) is 6.54 Å². The Bertz CT molecular complexity index is 339. The van der Waals surface area contributed by atoms with Gasteiger partial charge in [0.05, 0.1) is 7.11 Å². The molecule has 0 aromatic heterocycles. The number of ether oxygens (including phenoxy) is 1. The summed E-state index contributed by atoms with van der Waals surface area (Å²) in [7, 11) is 5.38. The van der Waals surface area contributed by atoms with Gasteiger partial charge in [0.2, 0.25) is 0 Å². The summed E-state index contributed by atoms with van der Waals surface area (Å²) >= 11 is 0. The van der Waals surface area contributed by atoms with Crippen molar-refractivity contribution in [1.29, 1.82) is 0 Å². The largest absolute Gasteiger partial charge is 0.453 e. The maximum Gasteiger partial charge on any atom is 0.406 e. The van der Waals surface area contributed by atoms with E-state index in [-0.39, 0.29) is 18.5 Å². The topological polar surface area (TPSA) is 41.6 Å². The third-order valence-electron chi connectivity index (χ3n) is 2.32. The summed E-state index contributed by atoms with van der Waals surface area (Å²) in [5.74, 6) is 0. The Balaban J connectivity index is 0.00000256. The van der Waals surface area contributed by atoms with Crippen LogP contribution in [0, 0.1) is 0 Å². The number of methoxy groups -OCH3 is 1. The predicted molar refractivity (Wildman–Crippen MR) is 72.1 cm³/mol. The van der Waals surface area contributed by atoms with Crippen LogP contribution in [0.15, 0.2) is 24.3 Å². The van der Waals surface area contributed by atoms with E-state index in [1.807, 2.05) is 14.1 Å². The first-order valence-electron chi connectivity index (χ1n) is 5.21. The van der Waals surface area contributed by atoms with E-state index in [0.717, 1.165) is 6.42 Å². The minimum Gasteiger partial charge on any atom is -0.453 e. The third kappa shape index (κ3) is 5.45. The summed E-state index contributed by atoms with van der Waals surface area (Å²) in [5.41, 5.74) is 2.37. The number of nitrogens with one attached hydrogen (secondary N) is 1. The number of rotatable bonds is 4. The summed E-state index contributed by atoms with van der Waals surface area (Å²) in [5, 5.41) is 2.65. The van der Waals surface area contributed by atoms with Gasteiger partial charge in [0.25, 0.3) is 0 Å². The summed E-state index contributed by atoms with van der Waals surface area (Å²) in [6.45, 7) is 0.591. The lowest BCUT2D eigenvalue weighted by Crippen LogP contribution is -2.25. The summed E-state index contributed by atoms with van der Waals surface area (Å²) in [4.78, 5) is 12.9. The molecule has 0 aliphatic carbocycles. The number of amides is 1. The molecule has 0 heterocycles. The minimum absolute atomic E-state index is 0. The van der Waals surface area contributed by atoms with Crippen LogP contribution >= 0.6 is 12.4 Å². The number of benzene rings is 1. The molecule has 0 aliphatic rings. The first-order valence-corrected chi connectivity index (χ1v) is 5.21. The summed E-state index contributed by atoms with van der Waals surface area (Å²) < 4.78 is 4.48. The highest BCUT2D eigenvalue weighted by Crippen LogP contribution is 2.12. The number of carbonyl (C=O) groups is 1. The predicted octanol–water partition coefficient (Wildman–Crippen LogP) is 2.07. The molecule has 1 amide bonds. The molecule has 1 rings (SSSR count). The highest BCUT2D eigenvalue weighted by Gasteiger charge is 1.99. The van der Waals surface area contributed by atoms with Crippen molar-refractivity contribution in [3.05, 3.63) is 29.8 Å². The van der Waals surface area contributed by atoms with Gasteiger partial charge in [-0.1, -0.05) is 12.1 Å². The van der Waals surface area contributed by atoms with Gasteiger partial charge >= 0.3 is 6.09 Å². The maximum absolute atomic E-state index is 10.8. The van der Waals surface area contributed by atoms with Crippen LogP contribution in [0.5, 0.6) is 0 Å². The molecule has 0 bridgehead atoms. The normalized spacial score (nSPS) is 9.12. The van der Waals surface area contributed by atoms with Gasteiger partial charge in [0.15, 0.2) is 0 Å². The summed E-state index contributed by atoms with van der Waals surface area (Å²) in [6, 6.07) is 8.25. The Morgan fingerprint density at radius 1 is 1.29 bits per heavy atom. The fourth-order valence-corrected chi connectivity index (χ4v) is 1.34. The molecule has 5 heteroatoms. The number of hydrogen-bond acceptors (Lipinski definition) is 3. The maximum atomic E-state index is 10.8. The molecule has 0 aliphatic heterocycles. The number of carbonyl (C=O) groups excluding carboxylic acids is 1. The van der Waals surface area contributed by atoms with E-state index in [9.17, 15) is 4.79 Å². The second-order valence-electron chi connectivity index (χ2n) is 3.73. The molecule has 1 aromatic carbocycles. The number of anilines is 1. The van der Waals surface area contributed by atoms with E-state index in [4.69, 9.17) is 0 Å². The van der Waals surface area contributed by atoms with Crippen LogP contribution in [-0.4, -0.2) is 33.8 Å². The molecule has 0 unspecified atom stereocenters. The van der Waals surface area contributed by atoms with Gasteiger partial charge in [-0.2, -0.15) is 0 Å². The zero-order valence-corrected chi connectivity index (χ0v) is 11.2. The Kier molecular flexibility index (Phi) is 7.14. The molecule has 0 saturated carbocycles. The third-order valence-corrected chi connectivity index (χ3v) is 2.32. The molecule has 1 aromatic rings. The molecule has 0 spiro atoms. The second kappa shape index (κ2) is 7.79. The zero-order valence-electron chi connectivity index (χ0n) is 10.4. The Morgan fingerprint density at radius 2 is 1.88 bits per heavy atom. The number of alkyl carbamates (subject to hydrolysis) is 1. The molecule has 1 N–H and O–H groups in total. The number of hydrogen-bond donors (Lipinski definition) is 1. The van der Waals surface area contributed by atoms with E-state index < -0.39 is 0 Å². The smallest absolute Gasteiger partial charge is 0.406 e.